The first-order chi connectivity index (χ1) is 12.6. The van der Waals surface area contributed by atoms with Crippen molar-refractivity contribution in [2.75, 3.05) is 12.4 Å². The molecule has 0 aliphatic carbocycles. The van der Waals surface area contributed by atoms with Gasteiger partial charge >= 0.3 is 12.1 Å². The van der Waals surface area contributed by atoms with Gasteiger partial charge in [0, 0.05) is 11.3 Å². The second-order valence-corrected chi connectivity index (χ2v) is 6.96. The summed E-state index contributed by atoms with van der Waals surface area (Å²) in [6.07, 6.45) is -4.53. The van der Waals surface area contributed by atoms with Crippen molar-refractivity contribution in [1.29, 1.82) is 0 Å². The minimum atomic E-state index is -4.53. The Morgan fingerprint density at radius 1 is 1.26 bits per heavy atom. The van der Waals surface area contributed by atoms with Crippen molar-refractivity contribution in [2.24, 2.45) is 0 Å². The topological polar surface area (TPSA) is 107 Å². The van der Waals surface area contributed by atoms with E-state index in [2.05, 4.69) is 5.32 Å². The van der Waals surface area contributed by atoms with Gasteiger partial charge in [0.05, 0.1) is 12.2 Å². The molecule has 11 heteroatoms. The van der Waals surface area contributed by atoms with Crippen molar-refractivity contribution >= 4 is 29.5 Å². The SMILES string of the molecule is O=C(O)C1=C(CO)CS[C@@H]2[C@@H](NC(=O)c3ccc(C(F)(F)F)cc3)C(=O)N12. The highest BCUT2D eigenvalue weighted by Gasteiger charge is 2.54. The summed E-state index contributed by atoms with van der Waals surface area (Å²) in [5, 5.41) is 20.3. The molecule has 0 aromatic heterocycles. The first kappa shape index (κ1) is 19.2. The number of fused-ring (bicyclic) bond motifs is 1. The minimum Gasteiger partial charge on any atom is -0.477 e. The number of carbonyl (C=O) groups excluding carboxylic acids is 2. The molecule has 0 unspecified atom stereocenters. The highest BCUT2D eigenvalue weighted by atomic mass is 32.2. The number of amides is 2. The number of nitrogens with one attached hydrogen (secondary N) is 1. The van der Waals surface area contributed by atoms with Crippen LogP contribution in [0, 0.1) is 0 Å². The molecule has 0 bridgehead atoms. The van der Waals surface area contributed by atoms with Gasteiger partial charge in [-0.1, -0.05) is 0 Å². The molecule has 27 heavy (non-hydrogen) atoms. The first-order valence-corrected chi connectivity index (χ1v) is 8.69. The van der Waals surface area contributed by atoms with E-state index >= 15 is 0 Å². The number of aliphatic hydroxyl groups is 1. The van der Waals surface area contributed by atoms with Crippen molar-refractivity contribution in [3.8, 4) is 0 Å². The molecule has 2 atom stereocenters. The normalized spacial score (nSPS) is 22.2. The Bertz CT molecular complexity index is 837. The van der Waals surface area contributed by atoms with Crippen LogP contribution in [0.25, 0.3) is 0 Å². The number of aliphatic carboxylic acids is 1. The average molecular weight is 402 g/mol. The van der Waals surface area contributed by atoms with E-state index in [1.54, 1.807) is 0 Å². The molecule has 1 aromatic rings. The lowest BCUT2D eigenvalue weighted by atomic mass is 10.0. The van der Waals surface area contributed by atoms with Gasteiger partial charge < -0.3 is 15.5 Å². The second kappa shape index (κ2) is 6.89. The molecule has 0 saturated carbocycles. The van der Waals surface area contributed by atoms with Gasteiger partial charge in [0.15, 0.2) is 0 Å². The molecule has 3 N–H and O–H groups in total. The molecule has 2 heterocycles. The van der Waals surface area contributed by atoms with Gasteiger partial charge in [-0.05, 0) is 29.8 Å². The van der Waals surface area contributed by atoms with Crippen LogP contribution in [-0.2, 0) is 15.8 Å². The van der Waals surface area contributed by atoms with E-state index in [9.17, 15) is 37.8 Å². The third kappa shape index (κ3) is 3.39. The molecule has 144 valence electrons. The Labute approximate surface area is 154 Å². The zero-order chi connectivity index (χ0) is 19.9. The summed E-state index contributed by atoms with van der Waals surface area (Å²) in [4.78, 5) is 36.9. The van der Waals surface area contributed by atoms with Crippen molar-refractivity contribution in [1.82, 2.24) is 10.2 Å². The number of hydrogen-bond acceptors (Lipinski definition) is 5. The van der Waals surface area contributed by atoms with Crippen LogP contribution in [-0.4, -0.2) is 56.7 Å². The Kier molecular flexibility index (Phi) is 4.91. The summed E-state index contributed by atoms with van der Waals surface area (Å²) in [6.45, 7) is -0.506. The Hall–Kier alpha value is -2.53. The highest BCUT2D eigenvalue weighted by molar-refractivity contribution is 8.00. The second-order valence-electron chi connectivity index (χ2n) is 5.85. The molecular weight excluding hydrogens is 389 g/mol. The fourth-order valence-electron chi connectivity index (χ4n) is 2.84. The molecule has 7 nitrogen and oxygen atoms in total. The molecule has 0 spiro atoms. The van der Waals surface area contributed by atoms with E-state index in [0.29, 0.717) is 0 Å². The maximum Gasteiger partial charge on any atom is 0.416 e. The zero-order valence-electron chi connectivity index (χ0n) is 13.5. The molecule has 2 aliphatic heterocycles. The van der Waals surface area contributed by atoms with Gasteiger partial charge in [-0.25, -0.2) is 4.79 Å². The summed E-state index contributed by atoms with van der Waals surface area (Å²) in [5.74, 6) is -2.57. The minimum absolute atomic E-state index is 0.0555. The number of hydrogen-bond donors (Lipinski definition) is 3. The van der Waals surface area contributed by atoms with Crippen LogP contribution < -0.4 is 5.32 Å². The van der Waals surface area contributed by atoms with E-state index in [1.807, 2.05) is 0 Å². The van der Waals surface area contributed by atoms with Crippen molar-refractivity contribution in [3.63, 3.8) is 0 Å². The number of nitrogens with zero attached hydrogens (tertiary/aromatic N) is 1. The fraction of sp³-hybridized carbons (Fsp3) is 0.312. The summed E-state index contributed by atoms with van der Waals surface area (Å²) < 4.78 is 37.7. The van der Waals surface area contributed by atoms with Crippen LogP contribution in [0.1, 0.15) is 15.9 Å². The number of halogens is 3. The number of carboxylic acids is 1. The summed E-state index contributed by atoms with van der Waals surface area (Å²) in [7, 11) is 0. The summed E-state index contributed by atoms with van der Waals surface area (Å²) >= 11 is 1.18. The molecular formula is C16H13F3N2O5S. The van der Waals surface area contributed by atoms with E-state index in [-0.39, 0.29) is 22.6 Å². The van der Waals surface area contributed by atoms with E-state index < -0.39 is 47.5 Å². The number of carboxylic acid groups (broad SMARTS) is 1. The standard InChI is InChI=1S/C16H13F3N2O5S/c17-16(18,19)9-3-1-7(2-4-9)12(23)20-10-13(24)21-11(15(25)26)8(5-22)6-27-14(10)21/h1-4,10,14,22H,5-6H2,(H,20,23)(H,25,26)/t10-,14+/m0/s1. The number of alkyl halides is 3. The number of carbonyl (C=O) groups is 3. The number of aliphatic hydroxyl groups excluding tert-OH is 1. The molecule has 1 aromatic carbocycles. The molecule has 1 fully saturated rings. The van der Waals surface area contributed by atoms with Crippen molar-refractivity contribution in [2.45, 2.75) is 17.6 Å². The quantitative estimate of drug-likeness (QED) is 0.650. The predicted molar refractivity (Wildman–Crippen MR) is 87.5 cm³/mol. The molecule has 3 rings (SSSR count). The van der Waals surface area contributed by atoms with Gasteiger partial charge in [-0.15, -0.1) is 11.8 Å². The summed E-state index contributed by atoms with van der Waals surface area (Å²) in [5.41, 5.74) is -1.06. The van der Waals surface area contributed by atoms with Gasteiger partial charge in [0.2, 0.25) is 0 Å². The Morgan fingerprint density at radius 2 is 1.89 bits per heavy atom. The zero-order valence-corrected chi connectivity index (χ0v) is 14.3. The monoisotopic (exact) mass is 402 g/mol. The van der Waals surface area contributed by atoms with Gasteiger partial charge in [0.25, 0.3) is 11.8 Å². The first-order valence-electron chi connectivity index (χ1n) is 7.64. The third-order valence-electron chi connectivity index (χ3n) is 4.20. The maximum atomic E-state index is 12.6. The van der Waals surface area contributed by atoms with Crippen LogP contribution in [0.3, 0.4) is 0 Å². The van der Waals surface area contributed by atoms with Gasteiger partial charge in [0.1, 0.15) is 17.1 Å². The van der Waals surface area contributed by atoms with Gasteiger partial charge in [-0.2, -0.15) is 13.2 Å². The number of benzene rings is 1. The Morgan fingerprint density at radius 3 is 2.41 bits per heavy atom. The third-order valence-corrected chi connectivity index (χ3v) is 5.54. The van der Waals surface area contributed by atoms with Gasteiger partial charge in [-0.3, -0.25) is 14.5 Å². The van der Waals surface area contributed by atoms with E-state index in [0.717, 1.165) is 29.2 Å². The number of thioether (sulfide) groups is 1. The van der Waals surface area contributed by atoms with Crippen LogP contribution in [0.2, 0.25) is 0 Å². The Balaban J connectivity index is 1.73. The van der Waals surface area contributed by atoms with E-state index in [1.165, 1.54) is 11.8 Å². The summed E-state index contributed by atoms with van der Waals surface area (Å²) in [6, 6.07) is 2.52. The van der Waals surface area contributed by atoms with E-state index in [4.69, 9.17) is 0 Å². The van der Waals surface area contributed by atoms with Crippen LogP contribution in [0.5, 0.6) is 0 Å². The van der Waals surface area contributed by atoms with Crippen LogP contribution >= 0.6 is 11.8 Å². The lowest BCUT2D eigenvalue weighted by Gasteiger charge is -2.49. The van der Waals surface area contributed by atoms with Crippen molar-refractivity contribution < 1.29 is 37.8 Å². The smallest absolute Gasteiger partial charge is 0.416 e. The molecule has 2 amide bonds. The lowest BCUT2D eigenvalue weighted by Crippen LogP contribution is -2.70. The predicted octanol–water partition coefficient (Wildman–Crippen LogP) is 1.05. The maximum absolute atomic E-state index is 12.6. The number of rotatable bonds is 4. The lowest BCUT2D eigenvalue weighted by molar-refractivity contribution is -0.148. The van der Waals surface area contributed by atoms with Crippen molar-refractivity contribution in [3.05, 3.63) is 46.7 Å². The molecule has 2 aliphatic rings. The molecule has 0 radical (unpaired) electrons. The highest BCUT2D eigenvalue weighted by Crippen LogP contribution is 2.40. The average Bonchev–Trinajstić information content (AvgIpc) is 2.63. The molecule has 1 saturated heterocycles. The number of β-lactam (4-membered cyclic amide) rings is 1. The largest absolute Gasteiger partial charge is 0.477 e. The van der Waals surface area contributed by atoms with Crippen LogP contribution in [0.4, 0.5) is 13.2 Å². The van der Waals surface area contributed by atoms with Crippen LogP contribution in [0.15, 0.2) is 35.5 Å². The fourth-order valence-corrected chi connectivity index (χ4v) is 4.18.